The van der Waals surface area contributed by atoms with Crippen molar-refractivity contribution in [2.24, 2.45) is 0 Å². The number of benzene rings is 1. The molecule has 2 N–H and O–H groups in total. The molecule has 0 spiro atoms. The second-order valence-corrected chi connectivity index (χ2v) is 7.09. The Morgan fingerprint density at radius 1 is 1.37 bits per heavy atom. The summed E-state index contributed by atoms with van der Waals surface area (Å²) < 4.78 is 29.5. The Labute approximate surface area is 171 Å². The first-order chi connectivity index (χ1) is 14.5. The van der Waals surface area contributed by atoms with E-state index in [0.717, 1.165) is 0 Å². The molecule has 160 valence electrons. The number of nitrogens with zero attached hydrogens (tertiary/aromatic N) is 3. The summed E-state index contributed by atoms with van der Waals surface area (Å²) in [5.41, 5.74) is 0.846. The molecule has 4 rings (SSSR count). The van der Waals surface area contributed by atoms with Gasteiger partial charge in [0.2, 0.25) is 0 Å². The second-order valence-electron chi connectivity index (χ2n) is 7.09. The van der Waals surface area contributed by atoms with E-state index in [-0.39, 0.29) is 12.6 Å². The first kappa shape index (κ1) is 19.8. The van der Waals surface area contributed by atoms with Gasteiger partial charge in [0.05, 0.1) is 37.6 Å². The smallest absolute Gasteiger partial charge is 0.414 e. The van der Waals surface area contributed by atoms with E-state index in [9.17, 15) is 14.0 Å². The molecule has 1 aromatic carbocycles. The van der Waals surface area contributed by atoms with Gasteiger partial charge in [-0.15, -0.1) is 0 Å². The van der Waals surface area contributed by atoms with Crippen LogP contribution in [0.3, 0.4) is 0 Å². The Morgan fingerprint density at radius 2 is 2.23 bits per heavy atom. The summed E-state index contributed by atoms with van der Waals surface area (Å²) in [6.07, 6.45) is 0.693. The number of cyclic esters (lactones) is 1. The minimum Gasteiger partial charge on any atom is -0.453 e. The maximum absolute atomic E-state index is 14.8. The van der Waals surface area contributed by atoms with Crippen molar-refractivity contribution < 1.29 is 28.0 Å². The second kappa shape index (κ2) is 8.47. The molecular formula is C19H22FN5O5. The van der Waals surface area contributed by atoms with Crippen LogP contribution in [0.5, 0.6) is 0 Å². The number of alkyl carbamates (subject to hydrolysis) is 1. The van der Waals surface area contributed by atoms with Gasteiger partial charge in [-0.3, -0.25) is 4.90 Å². The molecule has 2 amide bonds. The zero-order valence-electron chi connectivity index (χ0n) is 16.3. The van der Waals surface area contributed by atoms with Crippen molar-refractivity contribution in [2.45, 2.75) is 18.6 Å². The van der Waals surface area contributed by atoms with Crippen molar-refractivity contribution in [2.75, 3.05) is 48.4 Å². The number of halogens is 1. The Bertz CT molecular complexity index is 909. The number of amides is 2. The lowest BCUT2D eigenvalue weighted by molar-refractivity contribution is 0.147. The molecule has 2 atom stereocenters. The van der Waals surface area contributed by atoms with Crippen molar-refractivity contribution in [1.29, 1.82) is 0 Å². The van der Waals surface area contributed by atoms with Gasteiger partial charge in [0.1, 0.15) is 18.2 Å². The summed E-state index contributed by atoms with van der Waals surface area (Å²) >= 11 is 0. The van der Waals surface area contributed by atoms with Crippen molar-refractivity contribution >= 4 is 29.4 Å². The third-order valence-electron chi connectivity index (χ3n) is 5.10. The van der Waals surface area contributed by atoms with E-state index < -0.39 is 24.1 Å². The molecule has 0 bridgehead atoms. The Kier molecular flexibility index (Phi) is 5.59. The molecule has 11 heteroatoms. The minimum absolute atomic E-state index is 0.108. The van der Waals surface area contributed by atoms with Crippen molar-refractivity contribution in [3.05, 3.63) is 36.3 Å². The van der Waals surface area contributed by atoms with Gasteiger partial charge >= 0.3 is 12.2 Å². The van der Waals surface area contributed by atoms with E-state index in [1.54, 1.807) is 18.2 Å². The average Bonchev–Trinajstić information content (AvgIpc) is 3.47. The van der Waals surface area contributed by atoms with Crippen LogP contribution in [0.1, 0.15) is 6.42 Å². The minimum atomic E-state index is -0.530. The Balaban J connectivity index is 1.37. The normalized spacial score (nSPS) is 20.9. The lowest BCUT2D eigenvalue weighted by Crippen LogP contribution is -2.37. The molecule has 3 heterocycles. The standard InChI is InChI=1S/C19H22FN5O5/c1-28-18(26)22-12-4-6-24(10-12)16-3-2-13(8-15(16)20)25-11-14(30-19(25)27)9-21-17-5-7-29-23-17/h2-3,5,7-8,12,14H,4,6,9-11H2,1H3,(H,21,23)(H,22,26)/t12-,14+/m1/s1. The average molecular weight is 419 g/mol. The molecule has 0 unspecified atom stereocenters. The van der Waals surface area contributed by atoms with Crippen LogP contribution >= 0.6 is 0 Å². The number of rotatable bonds is 6. The van der Waals surface area contributed by atoms with Crippen LogP contribution in [0.25, 0.3) is 0 Å². The lowest BCUT2D eigenvalue weighted by Gasteiger charge is -2.21. The molecule has 30 heavy (non-hydrogen) atoms. The fourth-order valence-corrected chi connectivity index (χ4v) is 3.60. The number of aromatic nitrogens is 1. The number of ether oxygens (including phenoxy) is 2. The van der Waals surface area contributed by atoms with E-state index >= 15 is 0 Å². The van der Waals surface area contributed by atoms with E-state index in [1.807, 2.05) is 4.90 Å². The monoisotopic (exact) mass is 419 g/mol. The van der Waals surface area contributed by atoms with Crippen LogP contribution in [0, 0.1) is 5.82 Å². The van der Waals surface area contributed by atoms with E-state index in [4.69, 9.17) is 9.26 Å². The van der Waals surface area contributed by atoms with E-state index in [1.165, 1.54) is 24.3 Å². The van der Waals surface area contributed by atoms with Crippen molar-refractivity contribution in [3.63, 3.8) is 0 Å². The van der Waals surface area contributed by atoms with Gasteiger partial charge in [0.25, 0.3) is 0 Å². The van der Waals surface area contributed by atoms with Crippen molar-refractivity contribution in [1.82, 2.24) is 10.5 Å². The molecule has 0 saturated carbocycles. The van der Waals surface area contributed by atoms with Crippen LogP contribution in [-0.2, 0) is 9.47 Å². The first-order valence-electron chi connectivity index (χ1n) is 9.55. The van der Waals surface area contributed by atoms with Gasteiger partial charge in [0.15, 0.2) is 5.82 Å². The quantitative estimate of drug-likeness (QED) is 0.733. The summed E-state index contributed by atoms with van der Waals surface area (Å²) in [7, 11) is 1.30. The molecule has 10 nitrogen and oxygen atoms in total. The van der Waals surface area contributed by atoms with Crippen LogP contribution in [0.15, 0.2) is 35.1 Å². The largest absolute Gasteiger partial charge is 0.453 e. The molecule has 2 fully saturated rings. The van der Waals surface area contributed by atoms with Gasteiger partial charge in [-0.1, -0.05) is 5.16 Å². The summed E-state index contributed by atoms with van der Waals surface area (Å²) in [5.74, 6) is 0.105. The summed E-state index contributed by atoms with van der Waals surface area (Å²) in [6.45, 7) is 1.73. The fraction of sp³-hybridized carbons (Fsp3) is 0.421. The van der Waals surface area contributed by atoms with Gasteiger partial charge in [-0.05, 0) is 24.6 Å². The molecule has 1 aromatic heterocycles. The highest BCUT2D eigenvalue weighted by Crippen LogP contribution is 2.30. The van der Waals surface area contributed by atoms with Crippen molar-refractivity contribution in [3.8, 4) is 0 Å². The van der Waals surface area contributed by atoms with Gasteiger partial charge in [-0.25, -0.2) is 14.0 Å². The first-order valence-corrected chi connectivity index (χ1v) is 9.55. The number of hydrogen-bond donors (Lipinski definition) is 2. The molecular weight excluding hydrogens is 397 g/mol. The number of carbonyl (C=O) groups is 2. The highest BCUT2D eigenvalue weighted by atomic mass is 19.1. The fourth-order valence-electron chi connectivity index (χ4n) is 3.60. The molecule has 0 aliphatic carbocycles. The highest BCUT2D eigenvalue weighted by molar-refractivity contribution is 5.90. The molecule has 2 aliphatic heterocycles. The van der Waals surface area contributed by atoms with Crippen LogP contribution in [-0.4, -0.2) is 62.8 Å². The number of methoxy groups -OCH3 is 1. The van der Waals surface area contributed by atoms with Crippen LogP contribution < -0.4 is 20.4 Å². The van der Waals surface area contributed by atoms with E-state index in [0.29, 0.717) is 43.2 Å². The van der Waals surface area contributed by atoms with Gasteiger partial charge < -0.3 is 29.5 Å². The maximum Gasteiger partial charge on any atom is 0.414 e. The number of anilines is 3. The third-order valence-corrected chi connectivity index (χ3v) is 5.10. The third kappa shape index (κ3) is 4.24. The van der Waals surface area contributed by atoms with Crippen LogP contribution in [0.4, 0.5) is 31.2 Å². The molecule has 0 radical (unpaired) electrons. The predicted molar refractivity (Wildman–Crippen MR) is 105 cm³/mol. The van der Waals surface area contributed by atoms with Gasteiger partial charge in [0, 0.05) is 19.2 Å². The summed E-state index contributed by atoms with van der Waals surface area (Å²) in [5, 5.41) is 9.47. The highest BCUT2D eigenvalue weighted by Gasteiger charge is 2.33. The lowest BCUT2D eigenvalue weighted by atomic mass is 10.2. The Hall–Kier alpha value is -3.50. The zero-order valence-corrected chi connectivity index (χ0v) is 16.3. The SMILES string of the molecule is COC(=O)N[C@@H]1CCN(c2ccc(N3C[C@H](CNc4ccon4)OC3=O)cc2F)C1. The molecule has 2 aliphatic rings. The molecule has 2 saturated heterocycles. The number of hydrogen-bond acceptors (Lipinski definition) is 8. The number of nitrogens with one attached hydrogen (secondary N) is 2. The molecule has 2 aromatic rings. The predicted octanol–water partition coefficient (Wildman–Crippen LogP) is 2.19. The zero-order chi connectivity index (χ0) is 21.1. The number of carbonyl (C=O) groups excluding carboxylic acids is 2. The maximum atomic E-state index is 14.8. The van der Waals surface area contributed by atoms with Crippen LogP contribution in [0.2, 0.25) is 0 Å². The summed E-state index contributed by atoms with van der Waals surface area (Å²) in [6, 6.07) is 6.20. The topological polar surface area (TPSA) is 109 Å². The van der Waals surface area contributed by atoms with Gasteiger partial charge in [-0.2, -0.15) is 0 Å². The summed E-state index contributed by atoms with van der Waals surface area (Å²) in [4.78, 5) is 26.8. The van der Waals surface area contributed by atoms with E-state index in [2.05, 4.69) is 20.5 Å². The Morgan fingerprint density at radius 3 is 2.97 bits per heavy atom.